The van der Waals surface area contributed by atoms with Crippen LogP contribution >= 0.6 is 0 Å². The molecule has 0 aromatic heterocycles. The van der Waals surface area contributed by atoms with Crippen molar-refractivity contribution in [2.24, 2.45) is 0 Å². The Kier molecular flexibility index (Phi) is 5.11. The third-order valence-electron chi connectivity index (χ3n) is 3.13. The molecule has 1 aromatic rings. The van der Waals surface area contributed by atoms with E-state index in [1.54, 1.807) is 13.2 Å². The van der Waals surface area contributed by atoms with Crippen LogP contribution in [0, 0.1) is 5.82 Å². The first kappa shape index (κ1) is 14.9. The zero-order valence-corrected chi connectivity index (χ0v) is 11.4. The van der Waals surface area contributed by atoms with E-state index in [0.717, 1.165) is 0 Å². The van der Waals surface area contributed by atoms with Crippen LogP contribution in [-0.2, 0) is 4.74 Å². The summed E-state index contributed by atoms with van der Waals surface area (Å²) in [5.74, 6) is -0.275. The molecule has 18 heavy (non-hydrogen) atoms. The van der Waals surface area contributed by atoms with Crippen molar-refractivity contribution >= 4 is 0 Å². The summed E-state index contributed by atoms with van der Waals surface area (Å²) >= 11 is 0. The summed E-state index contributed by atoms with van der Waals surface area (Å²) in [7, 11) is 3.05. The van der Waals surface area contributed by atoms with Crippen molar-refractivity contribution in [3.63, 3.8) is 0 Å². The molecule has 0 saturated heterocycles. The lowest BCUT2D eigenvalue weighted by atomic mass is 9.96. The van der Waals surface area contributed by atoms with Gasteiger partial charge in [-0.1, -0.05) is 6.07 Å². The summed E-state index contributed by atoms with van der Waals surface area (Å²) in [4.78, 5) is 0. The second-order valence-corrected chi connectivity index (χ2v) is 4.91. The normalized spacial score (nSPS) is 13.4. The van der Waals surface area contributed by atoms with Gasteiger partial charge in [-0.25, -0.2) is 4.39 Å². The number of hydrogen-bond acceptors (Lipinski definition) is 3. The van der Waals surface area contributed by atoms with Gasteiger partial charge >= 0.3 is 0 Å². The van der Waals surface area contributed by atoms with E-state index in [1.807, 2.05) is 13.8 Å². The minimum atomic E-state index is -0.695. The first-order valence-electron chi connectivity index (χ1n) is 5.96. The average Bonchev–Trinajstić information content (AvgIpc) is 2.36. The number of aliphatic hydroxyl groups is 1. The van der Waals surface area contributed by atoms with E-state index in [2.05, 4.69) is 0 Å². The molecule has 4 heteroatoms. The van der Waals surface area contributed by atoms with E-state index >= 15 is 0 Å². The molecule has 1 N–H and O–H groups in total. The molecule has 0 bridgehead atoms. The van der Waals surface area contributed by atoms with Crippen molar-refractivity contribution in [1.82, 2.24) is 0 Å². The first-order valence-corrected chi connectivity index (χ1v) is 5.96. The largest absolute Gasteiger partial charge is 0.494 e. The molecule has 3 nitrogen and oxygen atoms in total. The lowest BCUT2D eigenvalue weighted by Gasteiger charge is -2.24. The van der Waals surface area contributed by atoms with Crippen molar-refractivity contribution < 1.29 is 19.0 Å². The smallest absolute Gasteiger partial charge is 0.165 e. The molecule has 0 fully saturated rings. The highest BCUT2D eigenvalue weighted by Gasteiger charge is 2.19. The Morgan fingerprint density at radius 3 is 2.50 bits per heavy atom. The molecule has 0 aliphatic carbocycles. The number of ether oxygens (including phenoxy) is 2. The maximum atomic E-state index is 13.5. The minimum Gasteiger partial charge on any atom is -0.494 e. The number of rotatable bonds is 6. The predicted molar refractivity (Wildman–Crippen MR) is 68.2 cm³/mol. The van der Waals surface area contributed by atoms with E-state index in [-0.39, 0.29) is 11.4 Å². The maximum Gasteiger partial charge on any atom is 0.165 e. The highest BCUT2D eigenvalue weighted by Crippen LogP contribution is 2.27. The van der Waals surface area contributed by atoms with Crippen molar-refractivity contribution in [2.45, 2.75) is 38.4 Å². The second kappa shape index (κ2) is 6.16. The van der Waals surface area contributed by atoms with Crippen LogP contribution in [0.25, 0.3) is 0 Å². The van der Waals surface area contributed by atoms with Crippen LogP contribution in [-0.4, -0.2) is 24.9 Å². The van der Waals surface area contributed by atoms with Crippen LogP contribution in [0.1, 0.15) is 38.4 Å². The molecule has 1 unspecified atom stereocenters. The number of benzene rings is 1. The summed E-state index contributed by atoms with van der Waals surface area (Å²) in [5, 5.41) is 10.0. The fourth-order valence-electron chi connectivity index (χ4n) is 1.64. The van der Waals surface area contributed by atoms with Gasteiger partial charge in [-0.2, -0.15) is 0 Å². The third kappa shape index (κ3) is 3.96. The number of aliphatic hydroxyl groups excluding tert-OH is 1. The lowest BCUT2D eigenvalue weighted by molar-refractivity contribution is 0.00276. The summed E-state index contributed by atoms with van der Waals surface area (Å²) in [5.41, 5.74) is 0.270. The molecule has 102 valence electrons. The first-order chi connectivity index (χ1) is 8.39. The molecule has 0 radical (unpaired) electrons. The van der Waals surface area contributed by atoms with Gasteiger partial charge in [0, 0.05) is 7.11 Å². The highest BCUT2D eigenvalue weighted by atomic mass is 19.1. The molecule has 0 aliphatic heterocycles. The van der Waals surface area contributed by atoms with E-state index < -0.39 is 11.9 Å². The SMILES string of the molecule is COc1ccc(C(O)CCC(C)(C)OC)cc1F. The Balaban J connectivity index is 2.67. The van der Waals surface area contributed by atoms with E-state index in [0.29, 0.717) is 18.4 Å². The number of methoxy groups -OCH3 is 2. The summed E-state index contributed by atoms with van der Waals surface area (Å²) in [6.07, 6.45) is 0.519. The Bertz CT molecular complexity index is 391. The van der Waals surface area contributed by atoms with Gasteiger partial charge in [0.15, 0.2) is 11.6 Å². The molecule has 0 heterocycles. The fourth-order valence-corrected chi connectivity index (χ4v) is 1.64. The van der Waals surface area contributed by atoms with Crippen LogP contribution < -0.4 is 4.74 Å². The van der Waals surface area contributed by atoms with Crippen molar-refractivity contribution in [3.8, 4) is 5.75 Å². The molecule has 0 saturated carbocycles. The summed E-state index contributed by atoms with van der Waals surface area (Å²) < 4.78 is 23.6. The lowest BCUT2D eigenvalue weighted by Crippen LogP contribution is -2.23. The van der Waals surface area contributed by atoms with Crippen LogP contribution in [0.4, 0.5) is 4.39 Å². The van der Waals surface area contributed by atoms with Gasteiger partial charge < -0.3 is 14.6 Å². The molecular formula is C14H21FO3. The van der Waals surface area contributed by atoms with Crippen LogP contribution in [0.5, 0.6) is 5.75 Å². The number of halogens is 1. The van der Waals surface area contributed by atoms with Crippen LogP contribution in [0.2, 0.25) is 0 Å². The van der Waals surface area contributed by atoms with Gasteiger partial charge in [0.05, 0.1) is 18.8 Å². The van der Waals surface area contributed by atoms with Crippen molar-refractivity contribution in [3.05, 3.63) is 29.6 Å². The Morgan fingerprint density at radius 2 is 2.00 bits per heavy atom. The van der Waals surface area contributed by atoms with Gasteiger partial charge in [-0.3, -0.25) is 0 Å². The van der Waals surface area contributed by atoms with Gasteiger partial charge in [-0.05, 0) is 44.4 Å². The van der Waals surface area contributed by atoms with Gasteiger partial charge in [0.1, 0.15) is 0 Å². The average molecular weight is 256 g/mol. The monoisotopic (exact) mass is 256 g/mol. The van der Waals surface area contributed by atoms with Gasteiger partial charge in [-0.15, -0.1) is 0 Å². The van der Waals surface area contributed by atoms with Crippen molar-refractivity contribution in [1.29, 1.82) is 0 Å². The Hall–Kier alpha value is -1.13. The molecule has 1 rings (SSSR count). The molecular weight excluding hydrogens is 235 g/mol. The second-order valence-electron chi connectivity index (χ2n) is 4.91. The number of hydrogen-bond donors (Lipinski definition) is 1. The van der Waals surface area contributed by atoms with Crippen LogP contribution in [0.15, 0.2) is 18.2 Å². The highest BCUT2D eigenvalue weighted by molar-refractivity contribution is 5.30. The predicted octanol–water partition coefficient (Wildman–Crippen LogP) is 3.07. The summed E-state index contributed by atoms with van der Waals surface area (Å²) in [6.45, 7) is 3.91. The van der Waals surface area contributed by atoms with Crippen molar-refractivity contribution in [2.75, 3.05) is 14.2 Å². The molecule has 1 atom stereocenters. The quantitative estimate of drug-likeness (QED) is 0.850. The molecule has 0 aliphatic rings. The summed E-state index contributed by atoms with van der Waals surface area (Å²) in [6, 6.07) is 4.50. The van der Waals surface area contributed by atoms with E-state index in [4.69, 9.17) is 9.47 Å². The van der Waals surface area contributed by atoms with E-state index in [1.165, 1.54) is 19.2 Å². The minimum absolute atomic E-state index is 0.183. The Labute approximate surface area is 108 Å². The topological polar surface area (TPSA) is 38.7 Å². The van der Waals surface area contributed by atoms with Gasteiger partial charge in [0.2, 0.25) is 0 Å². The zero-order valence-electron chi connectivity index (χ0n) is 11.4. The van der Waals surface area contributed by atoms with Gasteiger partial charge in [0.25, 0.3) is 0 Å². The molecule has 0 spiro atoms. The zero-order chi connectivity index (χ0) is 13.8. The van der Waals surface area contributed by atoms with E-state index in [9.17, 15) is 9.50 Å². The molecule has 0 amide bonds. The third-order valence-corrected chi connectivity index (χ3v) is 3.13. The Morgan fingerprint density at radius 1 is 1.33 bits per heavy atom. The fraction of sp³-hybridized carbons (Fsp3) is 0.571. The van der Waals surface area contributed by atoms with Crippen LogP contribution in [0.3, 0.4) is 0 Å². The molecule has 1 aromatic carbocycles. The maximum absolute atomic E-state index is 13.5. The standard InChI is InChI=1S/C14H21FO3/c1-14(2,18-4)8-7-12(16)10-5-6-13(17-3)11(15)9-10/h5-6,9,12,16H,7-8H2,1-4H3.